The first-order valence-corrected chi connectivity index (χ1v) is 7.40. The minimum atomic E-state index is -3.69. The fourth-order valence-electron chi connectivity index (χ4n) is 1.35. The maximum absolute atomic E-state index is 13.7. The molecule has 0 fully saturated rings. The van der Waals surface area contributed by atoms with Crippen LogP contribution in [-0.4, -0.2) is 38.4 Å². The van der Waals surface area contributed by atoms with Crippen molar-refractivity contribution in [2.75, 3.05) is 23.7 Å². The van der Waals surface area contributed by atoms with Crippen LogP contribution in [0, 0.1) is 5.82 Å². The lowest BCUT2D eigenvalue weighted by Gasteiger charge is -2.09. The predicted octanol–water partition coefficient (Wildman–Crippen LogP) is 0.698. The summed E-state index contributed by atoms with van der Waals surface area (Å²) in [7, 11) is -3.69. The van der Waals surface area contributed by atoms with Crippen molar-refractivity contribution in [1.82, 2.24) is 0 Å². The van der Waals surface area contributed by atoms with Crippen molar-refractivity contribution in [3.05, 3.63) is 29.6 Å². The second-order valence-corrected chi connectivity index (χ2v) is 5.64. The van der Waals surface area contributed by atoms with E-state index < -0.39 is 15.8 Å². The Labute approximate surface area is 116 Å². The number of hydrogen-bond acceptors (Lipinski definition) is 5. The molecule has 0 amide bonds. The minimum absolute atomic E-state index is 0.0235. The van der Waals surface area contributed by atoms with Gasteiger partial charge in [-0.05, 0) is 25.1 Å². The fraction of sp³-hybridized carbons (Fsp3) is 0.364. The number of sulfonamides is 1. The Morgan fingerprint density at radius 1 is 1.55 bits per heavy atom. The molecule has 0 spiro atoms. The molecular weight excluding hydrogens is 289 g/mol. The molecule has 0 heterocycles. The third kappa shape index (κ3) is 4.67. The van der Waals surface area contributed by atoms with Gasteiger partial charge in [0.2, 0.25) is 10.0 Å². The lowest BCUT2D eigenvalue weighted by atomic mass is 10.2. The maximum Gasteiger partial charge on any atom is 0.235 e. The van der Waals surface area contributed by atoms with Crippen molar-refractivity contribution in [2.45, 2.75) is 6.92 Å². The van der Waals surface area contributed by atoms with Crippen molar-refractivity contribution in [3.63, 3.8) is 0 Å². The van der Waals surface area contributed by atoms with Gasteiger partial charge in [-0.2, -0.15) is 0 Å². The van der Waals surface area contributed by atoms with Crippen LogP contribution in [0.1, 0.15) is 12.5 Å². The summed E-state index contributed by atoms with van der Waals surface area (Å²) < 4.78 is 44.1. The van der Waals surface area contributed by atoms with Gasteiger partial charge >= 0.3 is 0 Å². The first kappa shape index (κ1) is 16.2. The summed E-state index contributed by atoms with van der Waals surface area (Å²) >= 11 is 0. The zero-order chi connectivity index (χ0) is 15.2. The molecule has 9 heteroatoms. The topological polar surface area (TPSA) is 114 Å². The number of hydrogen-bond donors (Lipinski definition) is 3. The second-order valence-electron chi connectivity index (χ2n) is 3.80. The van der Waals surface area contributed by atoms with Crippen molar-refractivity contribution in [2.24, 2.45) is 10.9 Å². The molecule has 0 atom stereocenters. The van der Waals surface area contributed by atoms with Crippen LogP contribution < -0.4 is 10.5 Å². The first-order valence-electron chi connectivity index (χ1n) is 5.75. The highest BCUT2D eigenvalue weighted by molar-refractivity contribution is 7.92. The Morgan fingerprint density at radius 3 is 2.80 bits per heavy atom. The monoisotopic (exact) mass is 305 g/mol. The molecule has 0 radical (unpaired) electrons. The molecule has 4 N–H and O–H groups in total. The average molecular weight is 305 g/mol. The van der Waals surface area contributed by atoms with Gasteiger partial charge in [-0.15, -0.1) is 0 Å². The van der Waals surface area contributed by atoms with Crippen molar-refractivity contribution >= 4 is 21.5 Å². The number of halogens is 1. The van der Waals surface area contributed by atoms with E-state index in [1.165, 1.54) is 12.1 Å². The molecule has 0 unspecified atom stereocenters. The van der Waals surface area contributed by atoms with E-state index in [1.54, 1.807) is 6.92 Å². The summed E-state index contributed by atoms with van der Waals surface area (Å²) in [6.07, 6.45) is 0. The molecule has 7 nitrogen and oxygen atoms in total. The van der Waals surface area contributed by atoms with E-state index in [-0.39, 0.29) is 29.4 Å². The quantitative estimate of drug-likeness (QED) is 0.225. The van der Waals surface area contributed by atoms with E-state index in [1.807, 2.05) is 0 Å². The Morgan fingerprint density at radius 2 is 2.25 bits per heavy atom. The van der Waals surface area contributed by atoms with E-state index in [0.717, 1.165) is 6.07 Å². The molecule has 0 saturated carbocycles. The standard InChI is InChI=1S/C11H16FN3O4S/c1-2-19-5-6-20(17,18)15-10-4-3-8(7-9(10)12)11(13)14-16/h3-4,7,15-16H,2,5-6H2,1H3,(H2,13,14). The van der Waals surface area contributed by atoms with Crippen LogP contribution in [0.3, 0.4) is 0 Å². The predicted molar refractivity (Wildman–Crippen MR) is 72.8 cm³/mol. The van der Waals surface area contributed by atoms with E-state index in [0.29, 0.717) is 6.61 Å². The Kier molecular flexibility index (Phi) is 5.71. The van der Waals surface area contributed by atoms with Gasteiger partial charge in [0, 0.05) is 12.2 Å². The number of nitrogens with one attached hydrogen (secondary N) is 1. The van der Waals surface area contributed by atoms with Gasteiger partial charge in [-0.25, -0.2) is 12.8 Å². The van der Waals surface area contributed by atoms with E-state index >= 15 is 0 Å². The SMILES string of the molecule is CCOCCS(=O)(=O)Nc1ccc(/C(N)=N/O)cc1F. The van der Waals surface area contributed by atoms with Crippen LogP contribution in [0.25, 0.3) is 0 Å². The zero-order valence-electron chi connectivity index (χ0n) is 10.8. The smallest absolute Gasteiger partial charge is 0.235 e. The van der Waals surface area contributed by atoms with Crippen LogP contribution in [0.5, 0.6) is 0 Å². The molecule has 0 bridgehead atoms. The van der Waals surface area contributed by atoms with E-state index in [2.05, 4.69) is 9.88 Å². The highest BCUT2D eigenvalue weighted by Crippen LogP contribution is 2.17. The summed E-state index contributed by atoms with van der Waals surface area (Å²) in [4.78, 5) is 0. The summed E-state index contributed by atoms with van der Waals surface area (Å²) in [6.45, 7) is 2.17. The number of rotatable bonds is 7. The Hall–Kier alpha value is -1.87. The van der Waals surface area contributed by atoms with Crippen molar-refractivity contribution in [1.29, 1.82) is 0 Å². The molecule has 0 aromatic heterocycles. The molecule has 112 valence electrons. The number of amidine groups is 1. The lowest BCUT2D eigenvalue weighted by Crippen LogP contribution is -2.21. The van der Waals surface area contributed by atoms with Crippen molar-refractivity contribution < 1.29 is 22.8 Å². The van der Waals surface area contributed by atoms with Gasteiger partial charge in [0.05, 0.1) is 18.0 Å². The van der Waals surface area contributed by atoms with Gasteiger partial charge in [-0.1, -0.05) is 5.16 Å². The molecule has 1 rings (SSSR count). The number of oxime groups is 1. The zero-order valence-corrected chi connectivity index (χ0v) is 11.7. The number of ether oxygens (including phenoxy) is 1. The fourth-order valence-corrected chi connectivity index (χ4v) is 2.29. The highest BCUT2D eigenvalue weighted by atomic mass is 32.2. The van der Waals surface area contributed by atoms with Gasteiger partial charge in [-0.3, -0.25) is 4.72 Å². The third-order valence-corrected chi connectivity index (χ3v) is 3.57. The van der Waals surface area contributed by atoms with Crippen LogP contribution in [0.15, 0.2) is 23.4 Å². The van der Waals surface area contributed by atoms with Crippen molar-refractivity contribution in [3.8, 4) is 0 Å². The molecule has 0 aliphatic carbocycles. The minimum Gasteiger partial charge on any atom is -0.409 e. The molecule has 0 saturated heterocycles. The molecular formula is C11H16FN3O4S. The lowest BCUT2D eigenvalue weighted by molar-refractivity contribution is 0.163. The van der Waals surface area contributed by atoms with Crippen LogP contribution >= 0.6 is 0 Å². The molecule has 20 heavy (non-hydrogen) atoms. The Balaban J connectivity index is 2.83. The van der Waals surface area contributed by atoms with E-state index in [9.17, 15) is 12.8 Å². The summed E-state index contributed by atoms with van der Waals surface area (Å²) in [5, 5.41) is 11.2. The molecule has 0 aliphatic rings. The molecule has 0 aliphatic heterocycles. The molecule has 1 aromatic rings. The Bertz CT molecular complexity index is 589. The summed E-state index contributed by atoms with van der Waals surface area (Å²) in [6, 6.07) is 3.49. The number of anilines is 1. The molecule has 1 aromatic carbocycles. The second kappa shape index (κ2) is 7.06. The largest absolute Gasteiger partial charge is 0.409 e. The summed E-state index contributed by atoms with van der Waals surface area (Å²) in [5.74, 6) is -1.37. The first-order chi connectivity index (χ1) is 9.39. The summed E-state index contributed by atoms with van der Waals surface area (Å²) in [5.41, 5.74) is 5.23. The van der Waals surface area contributed by atoms with Gasteiger partial charge in [0.15, 0.2) is 5.84 Å². The van der Waals surface area contributed by atoms with E-state index in [4.69, 9.17) is 15.7 Å². The van der Waals surface area contributed by atoms with Crippen LogP contribution in [0.4, 0.5) is 10.1 Å². The normalized spacial score (nSPS) is 12.4. The van der Waals surface area contributed by atoms with Gasteiger partial charge < -0.3 is 15.7 Å². The van der Waals surface area contributed by atoms with Gasteiger partial charge in [0.1, 0.15) is 5.82 Å². The average Bonchev–Trinajstić information content (AvgIpc) is 2.40. The van der Waals surface area contributed by atoms with Crippen LogP contribution in [-0.2, 0) is 14.8 Å². The number of nitrogens with zero attached hydrogens (tertiary/aromatic N) is 1. The third-order valence-electron chi connectivity index (χ3n) is 2.34. The number of nitrogens with two attached hydrogens (primary N) is 1. The highest BCUT2D eigenvalue weighted by Gasteiger charge is 2.14. The maximum atomic E-state index is 13.7. The van der Waals surface area contributed by atoms with Gasteiger partial charge in [0.25, 0.3) is 0 Å². The number of benzene rings is 1. The van der Waals surface area contributed by atoms with Crippen LogP contribution in [0.2, 0.25) is 0 Å².